The lowest BCUT2D eigenvalue weighted by molar-refractivity contribution is 0.354. The molecular formula is C13H20ClNO2. The number of benzene rings is 1. The van der Waals surface area contributed by atoms with E-state index in [-0.39, 0.29) is 0 Å². The minimum absolute atomic E-state index is 0.471. The molecule has 1 aromatic rings. The highest BCUT2D eigenvalue weighted by Gasteiger charge is 2.13. The average molecular weight is 258 g/mol. The molecule has 0 aliphatic rings. The molecule has 96 valence electrons. The van der Waals surface area contributed by atoms with E-state index in [9.17, 15) is 0 Å². The van der Waals surface area contributed by atoms with Crippen molar-refractivity contribution in [2.45, 2.75) is 32.9 Å². The molecule has 0 fully saturated rings. The van der Waals surface area contributed by atoms with Crippen LogP contribution in [0, 0.1) is 0 Å². The lowest BCUT2D eigenvalue weighted by Crippen LogP contribution is -2.24. The Morgan fingerprint density at radius 2 is 2.00 bits per heavy atom. The van der Waals surface area contributed by atoms with Gasteiger partial charge in [0.15, 0.2) is 11.5 Å². The van der Waals surface area contributed by atoms with Gasteiger partial charge in [0.25, 0.3) is 0 Å². The van der Waals surface area contributed by atoms with E-state index in [1.165, 1.54) is 0 Å². The van der Waals surface area contributed by atoms with Gasteiger partial charge in [-0.1, -0.05) is 24.6 Å². The van der Waals surface area contributed by atoms with Crippen molar-refractivity contribution in [3.63, 3.8) is 0 Å². The van der Waals surface area contributed by atoms with Crippen LogP contribution in [-0.2, 0) is 6.54 Å². The van der Waals surface area contributed by atoms with E-state index in [2.05, 4.69) is 19.2 Å². The zero-order chi connectivity index (χ0) is 12.8. The molecule has 0 bridgehead atoms. The van der Waals surface area contributed by atoms with E-state index in [4.69, 9.17) is 21.1 Å². The zero-order valence-electron chi connectivity index (χ0n) is 10.8. The first-order valence-corrected chi connectivity index (χ1v) is 6.14. The van der Waals surface area contributed by atoms with Crippen LogP contribution in [0.2, 0.25) is 5.02 Å². The molecule has 0 saturated carbocycles. The van der Waals surface area contributed by atoms with Gasteiger partial charge in [-0.3, -0.25) is 0 Å². The van der Waals surface area contributed by atoms with Gasteiger partial charge < -0.3 is 14.8 Å². The first kappa shape index (κ1) is 14.1. The van der Waals surface area contributed by atoms with Crippen LogP contribution >= 0.6 is 11.6 Å². The van der Waals surface area contributed by atoms with Gasteiger partial charge in [-0.05, 0) is 25.0 Å². The standard InChI is InChI=1S/C13H20ClNO2/c1-5-9(2)15-8-10-6-7-11(16-3)13(17-4)12(10)14/h6-7,9,15H,5,8H2,1-4H3. The molecule has 4 heteroatoms. The highest BCUT2D eigenvalue weighted by Crippen LogP contribution is 2.37. The molecule has 0 aromatic heterocycles. The van der Waals surface area contributed by atoms with Crippen LogP contribution in [-0.4, -0.2) is 20.3 Å². The number of hydrogen-bond donors (Lipinski definition) is 1. The number of nitrogens with one attached hydrogen (secondary N) is 1. The fraction of sp³-hybridized carbons (Fsp3) is 0.538. The monoisotopic (exact) mass is 257 g/mol. The Hall–Kier alpha value is -0.930. The highest BCUT2D eigenvalue weighted by molar-refractivity contribution is 6.33. The predicted molar refractivity (Wildman–Crippen MR) is 71.1 cm³/mol. The van der Waals surface area contributed by atoms with E-state index in [1.54, 1.807) is 14.2 Å². The summed E-state index contributed by atoms with van der Waals surface area (Å²) in [5.41, 5.74) is 1.02. The second kappa shape index (κ2) is 6.72. The van der Waals surface area contributed by atoms with Crippen LogP contribution in [0.4, 0.5) is 0 Å². The fourth-order valence-corrected chi connectivity index (χ4v) is 1.80. The maximum Gasteiger partial charge on any atom is 0.179 e. The van der Waals surface area contributed by atoms with Gasteiger partial charge in [-0.25, -0.2) is 0 Å². The third-order valence-corrected chi connectivity index (χ3v) is 3.23. The summed E-state index contributed by atoms with van der Waals surface area (Å²) >= 11 is 6.27. The van der Waals surface area contributed by atoms with Gasteiger partial charge in [-0.2, -0.15) is 0 Å². The van der Waals surface area contributed by atoms with E-state index < -0.39 is 0 Å². The van der Waals surface area contributed by atoms with Crippen LogP contribution in [0.15, 0.2) is 12.1 Å². The van der Waals surface area contributed by atoms with E-state index in [0.29, 0.717) is 22.6 Å². The minimum atomic E-state index is 0.471. The molecule has 0 heterocycles. The highest BCUT2D eigenvalue weighted by atomic mass is 35.5. The van der Waals surface area contributed by atoms with E-state index in [1.807, 2.05) is 12.1 Å². The number of rotatable bonds is 6. The summed E-state index contributed by atoms with van der Waals surface area (Å²) in [6.45, 7) is 5.02. The van der Waals surface area contributed by atoms with Crippen LogP contribution in [0.1, 0.15) is 25.8 Å². The van der Waals surface area contributed by atoms with Crippen molar-refractivity contribution in [1.82, 2.24) is 5.32 Å². The predicted octanol–water partition coefficient (Wildman–Crippen LogP) is 3.25. The van der Waals surface area contributed by atoms with Crippen molar-refractivity contribution in [3.05, 3.63) is 22.7 Å². The molecule has 3 nitrogen and oxygen atoms in total. The summed E-state index contributed by atoms with van der Waals surface area (Å²) < 4.78 is 10.4. The molecule has 0 aliphatic carbocycles. The van der Waals surface area contributed by atoms with Crippen LogP contribution in [0.3, 0.4) is 0 Å². The maximum atomic E-state index is 6.27. The quantitative estimate of drug-likeness (QED) is 0.849. The summed E-state index contributed by atoms with van der Waals surface area (Å²) in [5.74, 6) is 1.25. The normalized spacial score (nSPS) is 12.3. The molecule has 17 heavy (non-hydrogen) atoms. The molecule has 1 unspecified atom stereocenters. The molecule has 0 spiro atoms. The van der Waals surface area contributed by atoms with Crippen molar-refractivity contribution in [2.75, 3.05) is 14.2 Å². The van der Waals surface area contributed by atoms with E-state index in [0.717, 1.165) is 18.5 Å². The van der Waals surface area contributed by atoms with Crippen molar-refractivity contribution in [1.29, 1.82) is 0 Å². The molecule has 1 atom stereocenters. The summed E-state index contributed by atoms with van der Waals surface area (Å²) in [5, 5.41) is 4.01. The Morgan fingerprint density at radius 3 is 2.53 bits per heavy atom. The second-order valence-electron chi connectivity index (χ2n) is 3.96. The first-order chi connectivity index (χ1) is 8.13. The number of methoxy groups -OCH3 is 2. The van der Waals surface area contributed by atoms with Crippen molar-refractivity contribution >= 4 is 11.6 Å². The number of ether oxygens (including phenoxy) is 2. The summed E-state index contributed by atoms with van der Waals surface area (Å²) in [7, 11) is 3.20. The topological polar surface area (TPSA) is 30.5 Å². The van der Waals surface area contributed by atoms with Crippen LogP contribution in [0.25, 0.3) is 0 Å². The molecule has 0 aliphatic heterocycles. The lowest BCUT2D eigenvalue weighted by Gasteiger charge is -2.15. The van der Waals surface area contributed by atoms with Gasteiger partial charge in [0.2, 0.25) is 0 Å². The van der Waals surface area contributed by atoms with Gasteiger partial charge in [0.05, 0.1) is 19.2 Å². The van der Waals surface area contributed by atoms with E-state index >= 15 is 0 Å². The third-order valence-electron chi connectivity index (χ3n) is 2.82. The average Bonchev–Trinajstić information content (AvgIpc) is 2.36. The molecule has 1 rings (SSSR count). The van der Waals surface area contributed by atoms with Gasteiger partial charge in [-0.15, -0.1) is 0 Å². The third kappa shape index (κ3) is 3.51. The van der Waals surface area contributed by atoms with Gasteiger partial charge >= 0.3 is 0 Å². The molecule has 0 radical (unpaired) electrons. The Kier molecular flexibility index (Phi) is 5.59. The van der Waals surface area contributed by atoms with Crippen LogP contribution < -0.4 is 14.8 Å². The van der Waals surface area contributed by atoms with Crippen LogP contribution in [0.5, 0.6) is 11.5 Å². The second-order valence-corrected chi connectivity index (χ2v) is 4.34. The largest absolute Gasteiger partial charge is 0.493 e. The van der Waals surface area contributed by atoms with Gasteiger partial charge in [0.1, 0.15) is 0 Å². The first-order valence-electron chi connectivity index (χ1n) is 5.76. The Balaban J connectivity index is 2.87. The summed E-state index contributed by atoms with van der Waals surface area (Å²) in [6.07, 6.45) is 1.09. The van der Waals surface area contributed by atoms with Crippen molar-refractivity contribution in [2.24, 2.45) is 0 Å². The van der Waals surface area contributed by atoms with Crippen molar-refractivity contribution in [3.8, 4) is 11.5 Å². The fourth-order valence-electron chi connectivity index (χ4n) is 1.50. The summed E-state index contributed by atoms with van der Waals surface area (Å²) in [6, 6.07) is 4.30. The minimum Gasteiger partial charge on any atom is -0.493 e. The van der Waals surface area contributed by atoms with Crippen molar-refractivity contribution < 1.29 is 9.47 Å². The SMILES string of the molecule is CCC(C)NCc1ccc(OC)c(OC)c1Cl. The number of halogens is 1. The summed E-state index contributed by atoms with van der Waals surface area (Å²) in [4.78, 5) is 0. The molecule has 0 amide bonds. The maximum absolute atomic E-state index is 6.27. The molecule has 1 N–H and O–H groups in total. The molecule has 0 saturated heterocycles. The molecule has 1 aromatic carbocycles. The Labute approximate surface area is 108 Å². The zero-order valence-corrected chi connectivity index (χ0v) is 11.6. The molecular weight excluding hydrogens is 238 g/mol. The van der Waals surface area contributed by atoms with Gasteiger partial charge in [0, 0.05) is 12.6 Å². The number of hydrogen-bond acceptors (Lipinski definition) is 3. The Morgan fingerprint density at radius 1 is 1.29 bits per heavy atom. The smallest absolute Gasteiger partial charge is 0.179 e. The Bertz CT molecular complexity index is 369. The lowest BCUT2D eigenvalue weighted by atomic mass is 10.1.